The molecule has 1 aliphatic rings. The summed E-state index contributed by atoms with van der Waals surface area (Å²) in [4.78, 5) is 10.1. The van der Waals surface area contributed by atoms with Gasteiger partial charge in [-0.3, -0.25) is 10.1 Å². The van der Waals surface area contributed by atoms with Crippen LogP contribution in [0.25, 0.3) is 0 Å². The summed E-state index contributed by atoms with van der Waals surface area (Å²) >= 11 is 0. The van der Waals surface area contributed by atoms with Crippen LogP contribution in [0.1, 0.15) is 38.2 Å². The summed E-state index contributed by atoms with van der Waals surface area (Å²) in [6, 6.07) is 6.47. The Bertz CT molecular complexity index is 421. The van der Waals surface area contributed by atoms with Gasteiger partial charge < -0.3 is 5.11 Å². The molecule has 98 valence electrons. The molecule has 0 heterocycles. The number of nitro benzene ring substituents is 1. The Hall–Kier alpha value is -1.42. The normalized spacial score (nSPS) is 19.7. The fourth-order valence-corrected chi connectivity index (χ4v) is 2.74. The first kappa shape index (κ1) is 13.0. The highest BCUT2D eigenvalue weighted by atomic mass is 16.6. The van der Waals surface area contributed by atoms with Crippen LogP contribution in [0.3, 0.4) is 0 Å². The van der Waals surface area contributed by atoms with Crippen LogP contribution in [0.5, 0.6) is 0 Å². The summed E-state index contributed by atoms with van der Waals surface area (Å²) < 4.78 is 0. The van der Waals surface area contributed by atoms with Gasteiger partial charge >= 0.3 is 0 Å². The standard InChI is InChI=1S/C14H19NO3/c1-14(8-2-3-9-14)13(16)10-11-4-6-12(7-5-11)15(17)18/h4-7,13,16H,2-3,8-10H2,1H3. The third-order valence-corrected chi connectivity index (χ3v) is 4.13. The summed E-state index contributed by atoms with van der Waals surface area (Å²) in [6.45, 7) is 2.13. The maximum absolute atomic E-state index is 10.6. The van der Waals surface area contributed by atoms with E-state index in [4.69, 9.17) is 0 Å². The molecule has 1 atom stereocenters. The predicted octanol–water partition coefficient (Wildman–Crippen LogP) is 3.08. The van der Waals surface area contributed by atoms with E-state index in [9.17, 15) is 15.2 Å². The Morgan fingerprint density at radius 3 is 2.39 bits per heavy atom. The van der Waals surface area contributed by atoms with Gasteiger partial charge in [0.25, 0.3) is 5.69 Å². The van der Waals surface area contributed by atoms with E-state index in [1.165, 1.54) is 25.0 Å². The minimum absolute atomic E-state index is 0.0156. The van der Waals surface area contributed by atoms with Crippen LogP contribution >= 0.6 is 0 Å². The molecule has 0 aliphatic heterocycles. The number of non-ortho nitro benzene ring substituents is 1. The number of hydrogen-bond donors (Lipinski definition) is 1. The summed E-state index contributed by atoms with van der Waals surface area (Å²) in [5.41, 5.74) is 1.07. The highest BCUT2D eigenvalue weighted by Crippen LogP contribution is 2.41. The average molecular weight is 249 g/mol. The van der Waals surface area contributed by atoms with Crippen LogP contribution in [-0.4, -0.2) is 16.1 Å². The molecule has 0 aromatic heterocycles. The second-order valence-corrected chi connectivity index (χ2v) is 5.50. The number of benzene rings is 1. The van der Waals surface area contributed by atoms with E-state index in [-0.39, 0.29) is 17.2 Å². The van der Waals surface area contributed by atoms with Gasteiger partial charge in [0.2, 0.25) is 0 Å². The SMILES string of the molecule is CC1(C(O)Cc2ccc([N+](=O)[O-])cc2)CCCC1. The van der Waals surface area contributed by atoms with E-state index in [1.807, 2.05) is 0 Å². The van der Waals surface area contributed by atoms with Gasteiger partial charge in [-0.1, -0.05) is 31.9 Å². The predicted molar refractivity (Wildman–Crippen MR) is 69.4 cm³/mol. The molecule has 1 aromatic rings. The number of rotatable bonds is 4. The van der Waals surface area contributed by atoms with E-state index < -0.39 is 4.92 Å². The van der Waals surface area contributed by atoms with Crippen molar-refractivity contribution in [2.75, 3.05) is 0 Å². The molecule has 1 N–H and O–H groups in total. The van der Waals surface area contributed by atoms with Gasteiger partial charge in [0.1, 0.15) is 0 Å². The molecule has 18 heavy (non-hydrogen) atoms. The lowest BCUT2D eigenvalue weighted by molar-refractivity contribution is -0.384. The largest absolute Gasteiger partial charge is 0.392 e. The monoisotopic (exact) mass is 249 g/mol. The highest BCUT2D eigenvalue weighted by Gasteiger charge is 2.35. The first-order chi connectivity index (χ1) is 8.51. The number of nitrogens with zero attached hydrogens (tertiary/aromatic N) is 1. The number of aliphatic hydroxyl groups excluding tert-OH is 1. The van der Waals surface area contributed by atoms with Gasteiger partial charge in [0.15, 0.2) is 0 Å². The van der Waals surface area contributed by atoms with Gasteiger partial charge in [0.05, 0.1) is 11.0 Å². The van der Waals surface area contributed by atoms with Gasteiger partial charge in [-0.25, -0.2) is 0 Å². The van der Waals surface area contributed by atoms with Gasteiger partial charge in [-0.05, 0) is 30.2 Å². The van der Waals surface area contributed by atoms with Crippen LogP contribution in [0.15, 0.2) is 24.3 Å². The lowest BCUT2D eigenvalue weighted by Crippen LogP contribution is -2.31. The molecule has 1 fully saturated rings. The van der Waals surface area contributed by atoms with E-state index in [0.29, 0.717) is 6.42 Å². The van der Waals surface area contributed by atoms with Crippen LogP contribution in [0.4, 0.5) is 5.69 Å². The fourth-order valence-electron chi connectivity index (χ4n) is 2.74. The third-order valence-electron chi connectivity index (χ3n) is 4.13. The fraction of sp³-hybridized carbons (Fsp3) is 0.571. The van der Waals surface area contributed by atoms with Gasteiger partial charge in [0, 0.05) is 12.1 Å². The molecule has 0 radical (unpaired) electrons. The molecule has 0 amide bonds. The van der Waals surface area contributed by atoms with Gasteiger partial charge in [-0.2, -0.15) is 0 Å². The average Bonchev–Trinajstić information content (AvgIpc) is 2.78. The lowest BCUT2D eigenvalue weighted by Gasteiger charge is -2.30. The van der Waals surface area contributed by atoms with Crippen molar-refractivity contribution in [2.24, 2.45) is 5.41 Å². The molecule has 4 heteroatoms. The summed E-state index contributed by atoms with van der Waals surface area (Å²) in [5, 5.41) is 20.9. The van der Waals surface area contributed by atoms with Crippen LogP contribution in [0.2, 0.25) is 0 Å². The Morgan fingerprint density at radius 2 is 1.89 bits per heavy atom. The Balaban J connectivity index is 2.02. The van der Waals surface area contributed by atoms with Gasteiger partial charge in [-0.15, -0.1) is 0 Å². The Morgan fingerprint density at radius 1 is 1.33 bits per heavy atom. The Labute approximate surface area is 107 Å². The van der Waals surface area contributed by atoms with Crippen molar-refractivity contribution < 1.29 is 10.0 Å². The second-order valence-electron chi connectivity index (χ2n) is 5.50. The molecule has 2 rings (SSSR count). The first-order valence-corrected chi connectivity index (χ1v) is 6.43. The topological polar surface area (TPSA) is 63.4 Å². The quantitative estimate of drug-likeness (QED) is 0.658. The van der Waals surface area contributed by atoms with Crippen molar-refractivity contribution >= 4 is 5.69 Å². The maximum Gasteiger partial charge on any atom is 0.269 e. The molecule has 1 unspecified atom stereocenters. The molecule has 0 saturated heterocycles. The van der Waals surface area contributed by atoms with Crippen LogP contribution in [0, 0.1) is 15.5 Å². The first-order valence-electron chi connectivity index (χ1n) is 6.43. The molecular formula is C14H19NO3. The van der Waals surface area contributed by atoms with Crippen molar-refractivity contribution in [1.82, 2.24) is 0 Å². The van der Waals surface area contributed by atoms with E-state index >= 15 is 0 Å². The van der Waals surface area contributed by atoms with E-state index in [0.717, 1.165) is 18.4 Å². The van der Waals surface area contributed by atoms with E-state index in [1.54, 1.807) is 12.1 Å². The summed E-state index contributed by atoms with van der Waals surface area (Å²) in [7, 11) is 0. The number of nitro groups is 1. The number of aliphatic hydroxyl groups is 1. The van der Waals surface area contributed by atoms with Crippen molar-refractivity contribution in [3.63, 3.8) is 0 Å². The zero-order chi connectivity index (χ0) is 13.2. The highest BCUT2D eigenvalue weighted by molar-refractivity contribution is 5.33. The van der Waals surface area contributed by atoms with Crippen molar-refractivity contribution in [3.05, 3.63) is 39.9 Å². The van der Waals surface area contributed by atoms with Crippen molar-refractivity contribution in [3.8, 4) is 0 Å². The van der Waals surface area contributed by atoms with Crippen LogP contribution < -0.4 is 0 Å². The molecule has 4 nitrogen and oxygen atoms in total. The maximum atomic E-state index is 10.6. The Kier molecular flexibility index (Phi) is 3.66. The minimum atomic E-state index is -0.404. The summed E-state index contributed by atoms with van der Waals surface area (Å²) in [6.07, 6.45) is 4.74. The molecule has 0 bridgehead atoms. The smallest absolute Gasteiger partial charge is 0.269 e. The number of hydrogen-bond acceptors (Lipinski definition) is 3. The minimum Gasteiger partial charge on any atom is -0.392 e. The third kappa shape index (κ3) is 2.70. The van der Waals surface area contributed by atoms with Crippen molar-refractivity contribution in [2.45, 2.75) is 45.1 Å². The van der Waals surface area contributed by atoms with Crippen LogP contribution in [-0.2, 0) is 6.42 Å². The summed E-state index contributed by atoms with van der Waals surface area (Å²) in [5.74, 6) is 0. The zero-order valence-electron chi connectivity index (χ0n) is 10.6. The van der Waals surface area contributed by atoms with E-state index in [2.05, 4.69) is 6.92 Å². The second kappa shape index (κ2) is 5.06. The molecule has 1 aliphatic carbocycles. The zero-order valence-corrected chi connectivity index (χ0v) is 10.6. The lowest BCUT2D eigenvalue weighted by atomic mass is 9.80. The molecular weight excluding hydrogens is 230 g/mol. The molecule has 1 aromatic carbocycles. The molecule has 1 saturated carbocycles. The van der Waals surface area contributed by atoms with Crippen molar-refractivity contribution in [1.29, 1.82) is 0 Å². The molecule has 0 spiro atoms.